The molecule has 0 fully saturated rings. The fourth-order valence-corrected chi connectivity index (χ4v) is 1.59. The third-order valence-corrected chi connectivity index (χ3v) is 2.28. The van der Waals surface area contributed by atoms with E-state index in [1.165, 1.54) is 0 Å². The van der Waals surface area contributed by atoms with Gasteiger partial charge in [-0.15, -0.1) is 0 Å². The van der Waals surface area contributed by atoms with E-state index in [0.29, 0.717) is 11.5 Å². The van der Waals surface area contributed by atoms with Crippen molar-refractivity contribution in [1.82, 2.24) is 0 Å². The molecule has 2 rings (SSSR count). The number of ether oxygens (including phenoxy) is 2. The lowest BCUT2D eigenvalue weighted by atomic mass is 10.2. The van der Waals surface area contributed by atoms with E-state index in [1.807, 2.05) is 12.1 Å². The molecule has 74 valence electrons. The average molecular weight is 213 g/mol. The normalized spacial score (nSPS) is 24.4. The predicted molar refractivity (Wildman–Crippen MR) is 51.8 cm³/mol. The Morgan fingerprint density at radius 2 is 1.86 bits per heavy atom. The summed E-state index contributed by atoms with van der Waals surface area (Å²) in [5, 5.41) is -0.535. The Morgan fingerprint density at radius 1 is 1.29 bits per heavy atom. The second-order valence-electron chi connectivity index (χ2n) is 3.11. The van der Waals surface area contributed by atoms with Crippen LogP contribution in [0.1, 0.15) is 6.92 Å². The standard InChI is InChI=1S/C10H9ClO3/c1-6-9(10(11)12)14-8-5-3-2-4-7(8)13-6/h2-6,9H,1H3. The molecule has 4 heteroatoms. The lowest BCUT2D eigenvalue weighted by molar-refractivity contribution is -0.122. The smallest absolute Gasteiger partial charge is 0.266 e. The Kier molecular flexibility index (Phi) is 2.33. The van der Waals surface area contributed by atoms with Crippen LogP contribution in [0.15, 0.2) is 24.3 Å². The van der Waals surface area contributed by atoms with Crippen LogP contribution in [0.2, 0.25) is 0 Å². The number of carbonyl (C=O) groups excluding carboxylic acids is 1. The van der Waals surface area contributed by atoms with Crippen LogP contribution < -0.4 is 9.47 Å². The van der Waals surface area contributed by atoms with Gasteiger partial charge in [0.25, 0.3) is 5.24 Å². The van der Waals surface area contributed by atoms with E-state index in [9.17, 15) is 4.79 Å². The molecule has 1 aliphatic rings. The molecule has 2 unspecified atom stereocenters. The van der Waals surface area contributed by atoms with Gasteiger partial charge in [0.2, 0.25) is 6.10 Å². The molecule has 0 bridgehead atoms. The molecule has 3 nitrogen and oxygen atoms in total. The van der Waals surface area contributed by atoms with Gasteiger partial charge >= 0.3 is 0 Å². The minimum absolute atomic E-state index is 0.352. The van der Waals surface area contributed by atoms with E-state index in [1.54, 1.807) is 19.1 Å². The first kappa shape index (κ1) is 9.34. The van der Waals surface area contributed by atoms with E-state index < -0.39 is 11.3 Å². The molecule has 0 aromatic heterocycles. The molecule has 0 saturated heterocycles. The lowest BCUT2D eigenvalue weighted by Crippen LogP contribution is -2.41. The Bertz CT molecular complexity index is 364. The van der Waals surface area contributed by atoms with E-state index in [-0.39, 0.29) is 6.10 Å². The van der Waals surface area contributed by atoms with Gasteiger partial charge in [-0.1, -0.05) is 12.1 Å². The highest BCUT2D eigenvalue weighted by molar-refractivity contribution is 6.64. The second-order valence-corrected chi connectivity index (χ2v) is 3.48. The van der Waals surface area contributed by atoms with Crippen LogP contribution in [0.5, 0.6) is 11.5 Å². The maximum atomic E-state index is 11.0. The molecule has 0 N–H and O–H groups in total. The van der Waals surface area contributed by atoms with Crippen molar-refractivity contribution in [2.45, 2.75) is 19.1 Å². The number of carbonyl (C=O) groups is 1. The van der Waals surface area contributed by atoms with Crippen LogP contribution in [-0.4, -0.2) is 17.5 Å². The van der Waals surface area contributed by atoms with E-state index in [0.717, 1.165) is 0 Å². The van der Waals surface area contributed by atoms with E-state index >= 15 is 0 Å². The summed E-state index contributed by atoms with van der Waals surface area (Å²) in [7, 11) is 0. The van der Waals surface area contributed by atoms with Crippen LogP contribution in [-0.2, 0) is 4.79 Å². The molecular formula is C10H9ClO3. The summed E-state index contributed by atoms with van der Waals surface area (Å²) < 4.78 is 10.9. The van der Waals surface area contributed by atoms with Crippen molar-refractivity contribution in [2.24, 2.45) is 0 Å². The highest BCUT2D eigenvalue weighted by Gasteiger charge is 2.32. The van der Waals surface area contributed by atoms with Crippen molar-refractivity contribution in [1.29, 1.82) is 0 Å². The van der Waals surface area contributed by atoms with Gasteiger partial charge in [0.15, 0.2) is 11.5 Å². The van der Waals surface area contributed by atoms with Crippen molar-refractivity contribution in [3.63, 3.8) is 0 Å². The number of benzene rings is 1. The Hall–Kier alpha value is -1.22. The summed E-state index contributed by atoms with van der Waals surface area (Å²) >= 11 is 5.37. The Morgan fingerprint density at radius 3 is 2.43 bits per heavy atom. The minimum Gasteiger partial charge on any atom is -0.482 e. The summed E-state index contributed by atoms with van der Waals surface area (Å²) in [6.45, 7) is 1.75. The molecule has 0 radical (unpaired) electrons. The topological polar surface area (TPSA) is 35.5 Å². The Balaban J connectivity index is 2.31. The van der Waals surface area contributed by atoms with Crippen molar-refractivity contribution in [2.75, 3.05) is 0 Å². The fraction of sp³-hybridized carbons (Fsp3) is 0.300. The van der Waals surface area contributed by atoms with Crippen molar-refractivity contribution in [3.05, 3.63) is 24.3 Å². The summed E-state index contributed by atoms with van der Waals surface area (Å²) in [5.74, 6) is 1.21. The maximum absolute atomic E-state index is 11.0. The zero-order chi connectivity index (χ0) is 10.1. The van der Waals surface area contributed by atoms with E-state index in [4.69, 9.17) is 21.1 Å². The zero-order valence-corrected chi connectivity index (χ0v) is 8.32. The Labute approximate surface area is 86.6 Å². The van der Waals surface area contributed by atoms with Crippen molar-refractivity contribution < 1.29 is 14.3 Å². The summed E-state index contributed by atoms with van der Waals surface area (Å²) in [4.78, 5) is 11.0. The molecule has 1 heterocycles. The number of para-hydroxylation sites is 2. The number of hydrogen-bond acceptors (Lipinski definition) is 3. The van der Waals surface area contributed by atoms with Gasteiger partial charge in [0.1, 0.15) is 6.10 Å². The van der Waals surface area contributed by atoms with Gasteiger partial charge in [0.05, 0.1) is 0 Å². The monoisotopic (exact) mass is 212 g/mol. The molecule has 0 amide bonds. The highest BCUT2D eigenvalue weighted by atomic mass is 35.5. The van der Waals surface area contributed by atoms with E-state index in [2.05, 4.69) is 0 Å². The SMILES string of the molecule is CC1Oc2ccccc2OC1C(=O)Cl. The first-order valence-electron chi connectivity index (χ1n) is 4.30. The molecule has 1 aromatic rings. The molecular weight excluding hydrogens is 204 g/mol. The van der Waals surface area contributed by atoms with Crippen molar-refractivity contribution in [3.8, 4) is 11.5 Å². The van der Waals surface area contributed by atoms with Gasteiger partial charge in [-0.3, -0.25) is 4.79 Å². The summed E-state index contributed by atoms with van der Waals surface area (Å²) in [5.41, 5.74) is 0. The summed E-state index contributed by atoms with van der Waals surface area (Å²) in [6.07, 6.45) is -1.07. The first-order chi connectivity index (χ1) is 6.68. The molecule has 1 aromatic carbocycles. The lowest BCUT2D eigenvalue weighted by Gasteiger charge is -2.29. The highest BCUT2D eigenvalue weighted by Crippen LogP contribution is 2.33. The average Bonchev–Trinajstić information content (AvgIpc) is 2.16. The van der Waals surface area contributed by atoms with Crippen molar-refractivity contribution >= 4 is 16.8 Å². The number of hydrogen-bond donors (Lipinski definition) is 0. The van der Waals surface area contributed by atoms with Crippen LogP contribution in [0.25, 0.3) is 0 Å². The number of halogens is 1. The first-order valence-corrected chi connectivity index (χ1v) is 4.68. The van der Waals surface area contributed by atoms with Gasteiger partial charge in [-0.2, -0.15) is 0 Å². The predicted octanol–water partition coefficient (Wildman–Crippen LogP) is 1.98. The third kappa shape index (κ3) is 1.55. The molecule has 14 heavy (non-hydrogen) atoms. The number of fused-ring (bicyclic) bond motifs is 1. The number of rotatable bonds is 1. The van der Waals surface area contributed by atoms with Gasteiger partial charge < -0.3 is 9.47 Å². The third-order valence-electron chi connectivity index (χ3n) is 2.07. The minimum atomic E-state index is -0.716. The molecule has 0 saturated carbocycles. The van der Waals surface area contributed by atoms with Gasteiger partial charge in [0, 0.05) is 0 Å². The second kappa shape index (κ2) is 3.50. The maximum Gasteiger partial charge on any atom is 0.266 e. The van der Waals surface area contributed by atoms with Crippen LogP contribution in [0, 0.1) is 0 Å². The summed E-state index contributed by atoms with van der Waals surface area (Å²) in [6, 6.07) is 7.19. The largest absolute Gasteiger partial charge is 0.482 e. The van der Waals surface area contributed by atoms with Gasteiger partial charge in [-0.25, -0.2) is 0 Å². The molecule has 0 aliphatic carbocycles. The zero-order valence-electron chi connectivity index (χ0n) is 7.57. The molecule has 1 aliphatic heterocycles. The van der Waals surface area contributed by atoms with Crippen LogP contribution in [0.3, 0.4) is 0 Å². The quantitative estimate of drug-likeness (QED) is 0.668. The van der Waals surface area contributed by atoms with Crippen LogP contribution >= 0.6 is 11.6 Å². The molecule has 0 spiro atoms. The molecule has 2 atom stereocenters. The fourth-order valence-electron chi connectivity index (χ4n) is 1.37. The van der Waals surface area contributed by atoms with Crippen LogP contribution in [0.4, 0.5) is 0 Å². The van der Waals surface area contributed by atoms with Gasteiger partial charge in [-0.05, 0) is 30.7 Å².